The van der Waals surface area contributed by atoms with Crippen molar-refractivity contribution < 1.29 is 29.0 Å². The quantitative estimate of drug-likeness (QED) is 0.424. The summed E-state index contributed by atoms with van der Waals surface area (Å²) in [5, 5.41) is 21.6. The molecule has 2 N–H and O–H groups in total. The van der Waals surface area contributed by atoms with Crippen LogP contribution in [0.3, 0.4) is 0 Å². The zero-order valence-electron chi connectivity index (χ0n) is 20.9. The number of carbonyl (C=O) groups is 3. The van der Waals surface area contributed by atoms with E-state index in [1.54, 1.807) is 23.7 Å². The first-order valence-electron chi connectivity index (χ1n) is 12.9. The fraction of sp³-hybridized carbons (Fsp3) is 0.444. The Kier molecular flexibility index (Phi) is 6.11. The van der Waals surface area contributed by atoms with Crippen molar-refractivity contribution in [2.75, 3.05) is 13.2 Å². The molecule has 6 atom stereocenters. The van der Waals surface area contributed by atoms with Gasteiger partial charge < -0.3 is 24.8 Å². The van der Waals surface area contributed by atoms with Crippen LogP contribution in [0, 0.1) is 11.8 Å². The maximum Gasteiger partial charge on any atom is 0.312 e. The Morgan fingerprint density at radius 2 is 1.97 bits per heavy atom. The molecule has 3 aliphatic rings. The zero-order valence-corrected chi connectivity index (χ0v) is 20.9. The normalized spacial score (nSPS) is 28.5. The number of aromatic nitrogens is 3. The molecule has 3 saturated heterocycles. The molecule has 0 saturated carbocycles. The summed E-state index contributed by atoms with van der Waals surface area (Å²) in [5.74, 6) is -3.00. The summed E-state index contributed by atoms with van der Waals surface area (Å²) in [5.41, 5.74) is 0.927. The lowest BCUT2D eigenvalue weighted by atomic mass is 9.71. The summed E-state index contributed by atoms with van der Waals surface area (Å²) in [7, 11) is 0. The van der Waals surface area contributed by atoms with Crippen molar-refractivity contribution >= 4 is 28.8 Å². The second kappa shape index (κ2) is 9.48. The molecule has 1 aromatic heterocycles. The van der Waals surface area contributed by atoms with Gasteiger partial charge >= 0.3 is 5.97 Å². The SMILES string of the molecule is CCOC(=O)[C@@H]1[C@@H]2CC[C@]3(O2)[C@H](C(=O)NCn2nnc4ccccc42)N([C@H](CO)c2ccccc2)C(=O)[C@@H]13. The van der Waals surface area contributed by atoms with Gasteiger partial charge in [0.1, 0.15) is 23.8 Å². The number of nitrogens with one attached hydrogen (secondary N) is 1. The zero-order chi connectivity index (χ0) is 26.4. The van der Waals surface area contributed by atoms with Crippen LogP contribution in [0.5, 0.6) is 0 Å². The Balaban J connectivity index is 1.37. The van der Waals surface area contributed by atoms with Crippen molar-refractivity contribution in [2.45, 2.75) is 50.2 Å². The van der Waals surface area contributed by atoms with Crippen LogP contribution in [-0.4, -0.2) is 73.7 Å². The van der Waals surface area contributed by atoms with Crippen molar-refractivity contribution in [2.24, 2.45) is 11.8 Å². The average Bonchev–Trinajstić information content (AvgIpc) is 3.68. The first kappa shape index (κ1) is 24.5. The molecule has 3 aromatic rings. The van der Waals surface area contributed by atoms with Gasteiger partial charge in [0.05, 0.1) is 42.7 Å². The number of aliphatic hydroxyl groups is 1. The van der Waals surface area contributed by atoms with Gasteiger partial charge in [0.15, 0.2) is 0 Å². The molecule has 198 valence electrons. The molecule has 4 heterocycles. The second-order valence-corrected chi connectivity index (χ2v) is 9.94. The van der Waals surface area contributed by atoms with E-state index in [1.807, 2.05) is 42.5 Å². The molecule has 2 amide bonds. The Morgan fingerprint density at radius 1 is 1.21 bits per heavy atom. The molecule has 0 aliphatic carbocycles. The minimum atomic E-state index is -1.20. The number of esters is 1. The fourth-order valence-corrected chi connectivity index (χ4v) is 6.55. The molecule has 2 bridgehead atoms. The van der Waals surface area contributed by atoms with Crippen molar-refractivity contribution in [3.8, 4) is 0 Å². The molecule has 38 heavy (non-hydrogen) atoms. The first-order valence-corrected chi connectivity index (χ1v) is 12.9. The number of hydrogen-bond acceptors (Lipinski definition) is 8. The molecule has 3 fully saturated rings. The summed E-state index contributed by atoms with van der Waals surface area (Å²) in [6.07, 6.45) is 0.481. The molecule has 11 heteroatoms. The van der Waals surface area contributed by atoms with E-state index >= 15 is 0 Å². The van der Waals surface area contributed by atoms with Gasteiger partial charge in [-0.2, -0.15) is 0 Å². The first-order chi connectivity index (χ1) is 18.5. The van der Waals surface area contributed by atoms with Crippen molar-refractivity contribution in [1.29, 1.82) is 0 Å². The third-order valence-corrected chi connectivity index (χ3v) is 8.06. The number of benzene rings is 2. The highest BCUT2D eigenvalue weighted by Gasteiger charge is 2.75. The van der Waals surface area contributed by atoms with E-state index in [0.29, 0.717) is 23.9 Å². The van der Waals surface area contributed by atoms with Crippen molar-refractivity contribution in [1.82, 2.24) is 25.2 Å². The van der Waals surface area contributed by atoms with Crippen LogP contribution in [0.15, 0.2) is 54.6 Å². The molecule has 6 rings (SSSR count). The lowest BCUT2D eigenvalue weighted by Gasteiger charge is -2.36. The molecule has 1 spiro atoms. The van der Waals surface area contributed by atoms with Gasteiger partial charge in [0.25, 0.3) is 0 Å². The number of fused-ring (bicyclic) bond motifs is 2. The van der Waals surface area contributed by atoms with Crippen LogP contribution in [0.4, 0.5) is 0 Å². The van der Waals surface area contributed by atoms with E-state index in [1.165, 1.54) is 4.90 Å². The summed E-state index contributed by atoms with van der Waals surface area (Å²) in [6, 6.07) is 14.6. The molecule has 2 aromatic carbocycles. The van der Waals surface area contributed by atoms with Crippen LogP contribution >= 0.6 is 0 Å². The summed E-state index contributed by atoms with van der Waals surface area (Å²) in [6.45, 7) is 1.52. The highest BCUT2D eigenvalue weighted by atomic mass is 16.6. The van der Waals surface area contributed by atoms with Gasteiger partial charge in [-0.25, -0.2) is 4.68 Å². The van der Waals surface area contributed by atoms with Crippen LogP contribution in [0.25, 0.3) is 11.0 Å². The smallest absolute Gasteiger partial charge is 0.312 e. The number of amides is 2. The topological polar surface area (TPSA) is 136 Å². The Bertz CT molecular complexity index is 1380. The van der Waals surface area contributed by atoms with Gasteiger partial charge in [-0.15, -0.1) is 5.10 Å². The van der Waals surface area contributed by atoms with Crippen molar-refractivity contribution in [3.05, 3.63) is 60.2 Å². The van der Waals surface area contributed by atoms with Crippen LogP contribution in [0.1, 0.15) is 31.4 Å². The Morgan fingerprint density at radius 3 is 2.74 bits per heavy atom. The number of ether oxygens (including phenoxy) is 2. The number of hydrogen-bond donors (Lipinski definition) is 2. The number of aliphatic hydroxyl groups excluding tert-OH is 1. The minimum Gasteiger partial charge on any atom is -0.466 e. The van der Waals surface area contributed by atoms with E-state index in [2.05, 4.69) is 15.6 Å². The second-order valence-electron chi connectivity index (χ2n) is 9.94. The number of rotatable bonds is 8. The van der Waals surface area contributed by atoms with E-state index in [-0.39, 0.29) is 19.2 Å². The van der Waals surface area contributed by atoms with Gasteiger partial charge in [-0.1, -0.05) is 47.7 Å². The van der Waals surface area contributed by atoms with E-state index < -0.39 is 54.1 Å². The molecule has 11 nitrogen and oxygen atoms in total. The predicted molar refractivity (Wildman–Crippen MR) is 133 cm³/mol. The summed E-state index contributed by atoms with van der Waals surface area (Å²) >= 11 is 0. The molecule has 0 radical (unpaired) electrons. The molecule has 0 unspecified atom stereocenters. The Hall–Kier alpha value is -3.83. The lowest BCUT2D eigenvalue weighted by Crippen LogP contribution is -2.56. The molecular formula is C27H29N5O6. The third kappa shape index (κ3) is 3.60. The van der Waals surface area contributed by atoms with E-state index in [0.717, 1.165) is 5.52 Å². The van der Waals surface area contributed by atoms with Crippen LogP contribution < -0.4 is 5.32 Å². The monoisotopic (exact) mass is 519 g/mol. The van der Waals surface area contributed by atoms with Crippen LogP contribution in [-0.2, 0) is 30.5 Å². The number of nitrogens with zero attached hydrogens (tertiary/aromatic N) is 4. The highest BCUT2D eigenvalue weighted by Crippen LogP contribution is 2.59. The fourth-order valence-electron chi connectivity index (χ4n) is 6.55. The predicted octanol–water partition coefficient (Wildman–Crippen LogP) is 1.18. The van der Waals surface area contributed by atoms with Crippen molar-refractivity contribution in [3.63, 3.8) is 0 Å². The number of para-hydroxylation sites is 1. The lowest BCUT2D eigenvalue weighted by molar-refractivity contribution is -0.155. The van der Waals surface area contributed by atoms with Gasteiger partial charge in [-0.05, 0) is 37.5 Å². The maximum absolute atomic E-state index is 14.1. The third-order valence-electron chi connectivity index (χ3n) is 8.06. The van der Waals surface area contributed by atoms with Gasteiger partial charge in [0.2, 0.25) is 11.8 Å². The minimum absolute atomic E-state index is 0.0263. The van der Waals surface area contributed by atoms with Crippen LogP contribution in [0.2, 0.25) is 0 Å². The molecular weight excluding hydrogens is 490 g/mol. The van der Waals surface area contributed by atoms with E-state index in [4.69, 9.17) is 9.47 Å². The summed E-state index contributed by atoms with van der Waals surface area (Å²) < 4.78 is 13.3. The number of carbonyl (C=O) groups excluding carboxylic acids is 3. The molecule has 3 aliphatic heterocycles. The average molecular weight is 520 g/mol. The van der Waals surface area contributed by atoms with E-state index in [9.17, 15) is 19.5 Å². The maximum atomic E-state index is 14.1. The summed E-state index contributed by atoms with van der Waals surface area (Å²) in [4.78, 5) is 42.5. The highest BCUT2D eigenvalue weighted by molar-refractivity contribution is 5.98. The number of likely N-dealkylation sites (tertiary alicyclic amines) is 1. The van der Waals surface area contributed by atoms with Gasteiger partial charge in [-0.3, -0.25) is 14.4 Å². The largest absolute Gasteiger partial charge is 0.466 e. The standard InChI is InChI=1S/C27H29N5O6/c1-2-37-26(36)21-20-12-13-27(38-20)22(21)25(35)32(19(14-33)16-8-4-3-5-9-16)23(27)24(34)28-15-31-18-11-7-6-10-17(18)29-30-31/h3-11,19-23,33H,2,12-15H2,1H3,(H,28,34)/t19-,20+,21-,22-,23+,27-/m1/s1. The Labute approximate surface area is 218 Å². The van der Waals surface area contributed by atoms with Gasteiger partial charge in [0, 0.05) is 0 Å².